The first-order valence-electron chi connectivity index (χ1n) is 9.04. The highest BCUT2D eigenvalue weighted by molar-refractivity contribution is 7.89. The van der Waals surface area contributed by atoms with Crippen LogP contribution in [-0.2, 0) is 19.6 Å². The van der Waals surface area contributed by atoms with Crippen LogP contribution in [-0.4, -0.2) is 50.3 Å². The van der Waals surface area contributed by atoms with Crippen molar-refractivity contribution in [2.75, 3.05) is 31.6 Å². The van der Waals surface area contributed by atoms with E-state index in [2.05, 4.69) is 10.3 Å². The van der Waals surface area contributed by atoms with E-state index in [0.717, 1.165) is 0 Å². The smallest absolute Gasteiger partial charge is 0.243 e. The first-order valence-corrected chi connectivity index (χ1v) is 10.5. The summed E-state index contributed by atoms with van der Waals surface area (Å²) in [6.45, 7) is 1.48. The van der Waals surface area contributed by atoms with E-state index in [1.54, 1.807) is 24.3 Å². The molecule has 1 saturated heterocycles. The molecule has 3 aromatic rings. The van der Waals surface area contributed by atoms with Crippen LogP contribution < -0.4 is 5.32 Å². The van der Waals surface area contributed by atoms with Crippen molar-refractivity contribution < 1.29 is 22.4 Å². The Bertz CT molecular complexity index is 1110. The number of aromatic nitrogens is 1. The van der Waals surface area contributed by atoms with Crippen LogP contribution in [0.2, 0.25) is 0 Å². The second-order valence-corrected chi connectivity index (χ2v) is 8.33. The van der Waals surface area contributed by atoms with E-state index in [1.807, 2.05) is 12.1 Å². The Kier molecular flexibility index (Phi) is 5.43. The fourth-order valence-corrected chi connectivity index (χ4v) is 4.37. The summed E-state index contributed by atoms with van der Waals surface area (Å²) in [6, 6.07) is 13.6. The highest BCUT2D eigenvalue weighted by Crippen LogP contribution is 2.22. The molecule has 29 heavy (non-hydrogen) atoms. The van der Waals surface area contributed by atoms with Crippen molar-refractivity contribution in [2.24, 2.45) is 0 Å². The predicted molar refractivity (Wildman–Crippen MR) is 108 cm³/mol. The van der Waals surface area contributed by atoms with Gasteiger partial charge in [-0.25, -0.2) is 13.4 Å². The first-order chi connectivity index (χ1) is 14.1. The van der Waals surface area contributed by atoms with E-state index < -0.39 is 10.0 Å². The Morgan fingerprint density at radius 3 is 2.48 bits per heavy atom. The van der Waals surface area contributed by atoms with E-state index in [9.17, 15) is 13.2 Å². The molecule has 0 bridgehead atoms. The number of rotatable bonds is 6. The molecule has 1 aliphatic heterocycles. The number of nitrogens with zero attached hydrogens (tertiary/aromatic N) is 2. The molecule has 0 amide bonds. The average Bonchev–Trinajstić information content (AvgIpc) is 3.19. The van der Waals surface area contributed by atoms with E-state index in [1.165, 1.54) is 22.6 Å². The molecule has 1 aromatic heterocycles. The quantitative estimate of drug-likeness (QED) is 0.489. The van der Waals surface area contributed by atoms with Crippen molar-refractivity contribution in [1.82, 2.24) is 9.29 Å². The van der Waals surface area contributed by atoms with Crippen LogP contribution >= 0.6 is 0 Å². The number of hydrogen-bond donors (Lipinski definition) is 1. The molecule has 0 radical (unpaired) electrons. The summed E-state index contributed by atoms with van der Waals surface area (Å²) >= 11 is 0. The number of allylic oxidation sites excluding steroid dienone is 1. The van der Waals surface area contributed by atoms with Crippen LogP contribution in [0.1, 0.15) is 5.89 Å². The van der Waals surface area contributed by atoms with Crippen LogP contribution in [0.5, 0.6) is 0 Å². The van der Waals surface area contributed by atoms with Gasteiger partial charge in [0.15, 0.2) is 11.9 Å². The van der Waals surface area contributed by atoms with Gasteiger partial charge >= 0.3 is 0 Å². The number of hydrogen-bond acceptors (Lipinski definition) is 7. The lowest BCUT2D eigenvalue weighted by molar-refractivity contribution is -0.103. The van der Waals surface area contributed by atoms with Crippen LogP contribution in [0.15, 0.2) is 64.0 Å². The molecular formula is C20H19N3O5S. The summed E-state index contributed by atoms with van der Waals surface area (Å²) in [5.74, 6) is 0.209. The van der Waals surface area contributed by atoms with Gasteiger partial charge in [-0.15, -0.1) is 0 Å². The lowest BCUT2D eigenvalue weighted by atomic mass is 10.3. The second kappa shape index (κ2) is 8.16. The minimum atomic E-state index is -3.54. The fourth-order valence-electron chi connectivity index (χ4n) is 2.96. The zero-order valence-corrected chi connectivity index (χ0v) is 16.3. The number of sulfonamides is 1. The van der Waals surface area contributed by atoms with Crippen LogP contribution in [0, 0.1) is 0 Å². The van der Waals surface area contributed by atoms with E-state index in [-0.39, 0.29) is 16.4 Å². The highest BCUT2D eigenvalue weighted by atomic mass is 32.2. The van der Waals surface area contributed by atoms with Gasteiger partial charge < -0.3 is 14.5 Å². The molecule has 4 rings (SSSR count). The number of anilines is 1. The number of benzene rings is 2. The normalized spacial score (nSPS) is 16.1. The number of para-hydroxylation sites is 2. The lowest BCUT2D eigenvalue weighted by Gasteiger charge is -2.26. The van der Waals surface area contributed by atoms with Crippen molar-refractivity contribution in [3.05, 3.63) is 60.6 Å². The number of oxazole rings is 1. The Hall–Kier alpha value is -3.01. The number of ether oxygens (including phenoxy) is 1. The third kappa shape index (κ3) is 4.07. The van der Waals surface area contributed by atoms with Gasteiger partial charge in [-0.3, -0.25) is 4.79 Å². The third-order valence-corrected chi connectivity index (χ3v) is 6.44. The summed E-state index contributed by atoms with van der Waals surface area (Å²) in [7, 11) is -3.54. The number of morpholine rings is 1. The van der Waals surface area contributed by atoms with Gasteiger partial charge in [0, 0.05) is 25.0 Å². The van der Waals surface area contributed by atoms with Gasteiger partial charge in [-0.05, 0) is 36.4 Å². The highest BCUT2D eigenvalue weighted by Gasteiger charge is 2.26. The molecule has 0 spiro atoms. The zero-order valence-electron chi connectivity index (χ0n) is 15.4. The van der Waals surface area contributed by atoms with E-state index >= 15 is 0 Å². The molecule has 2 aromatic carbocycles. The maximum atomic E-state index is 12.7. The summed E-state index contributed by atoms with van der Waals surface area (Å²) in [5, 5.41) is 2.97. The van der Waals surface area contributed by atoms with Crippen molar-refractivity contribution in [3.63, 3.8) is 0 Å². The van der Waals surface area contributed by atoms with Gasteiger partial charge in [0.1, 0.15) is 5.52 Å². The fraction of sp³-hybridized carbons (Fsp3) is 0.200. The lowest BCUT2D eigenvalue weighted by Crippen LogP contribution is -2.40. The molecule has 150 valence electrons. The Balaban J connectivity index is 1.51. The standard InChI is InChI=1S/C20H19N3O5S/c24-14-15(20-22-18-3-1-2-4-19(18)28-20)13-21-16-5-7-17(8-6-16)29(25,26)23-9-11-27-12-10-23/h1-8,13-14,21H,9-12H2. The monoisotopic (exact) mass is 413 g/mol. The Morgan fingerprint density at radius 1 is 1.07 bits per heavy atom. The zero-order chi connectivity index (χ0) is 20.3. The van der Waals surface area contributed by atoms with Gasteiger partial charge in [0.2, 0.25) is 15.9 Å². The third-order valence-electron chi connectivity index (χ3n) is 4.52. The minimum Gasteiger partial charge on any atom is -0.436 e. The summed E-state index contributed by atoms with van der Waals surface area (Å²) in [4.78, 5) is 16.0. The molecule has 9 heteroatoms. The average molecular weight is 413 g/mol. The molecule has 1 aliphatic rings. The van der Waals surface area contributed by atoms with Crippen molar-refractivity contribution in [3.8, 4) is 0 Å². The molecule has 0 aliphatic carbocycles. The van der Waals surface area contributed by atoms with Crippen molar-refractivity contribution in [1.29, 1.82) is 0 Å². The Morgan fingerprint density at radius 2 is 1.79 bits per heavy atom. The van der Waals surface area contributed by atoms with Crippen LogP contribution in [0.3, 0.4) is 0 Å². The number of aldehydes is 1. The number of nitrogens with one attached hydrogen (secondary N) is 1. The van der Waals surface area contributed by atoms with E-state index in [0.29, 0.717) is 49.4 Å². The molecule has 0 unspecified atom stereocenters. The Labute approximate surface area is 167 Å². The van der Waals surface area contributed by atoms with Crippen molar-refractivity contribution >= 4 is 38.7 Å². The summed E-state index contributed by atoms with van der Waals surface area (Å²) < 4.78 is 37.5. The molecule has 8 nitrogen and oxygen atoms in total. The van der Waals surface area contributed by atoms with Gasteiger partial charge in [0.25, 0.3) is 0 Å². The molecule has 0 saturated carbocycles. The van der Waals surface area contributed by atoms with Crippen LogP contribution in [0.25, 0.3) is 16.7 Å². The van der Waals surface area contributed by atoms with Gasteiger partial charge in [-0.2, -0.15) is 4.31 Å². The predicted octanol–water partition coefficient (Wildman–Crippen LogP) is 2.50. The molecule has 1 fully saturated rings. The topological polar surface area (TPSA) is 102 Å². The maximum Gasteiger partial charge on any atom is 0.243 e. The molecule has 2 heterocycles. The second-order valence-electron chi connectivity index (χ2n) is 6.39. The maximum absolute atomic E-state index is 12.7. The van der Waals surface area contributed by atoms with Gasteiger partial charge in [0.05, 0.1) is 23.7 Å². The molecule has 0 atom stereocenters. The molecular weight excluding hydrogens is 394 g/mol. The SMILES string of the molecule is O=CC(=CNc1ccc(S(=O)(=O)N2CCOCC2)cc1)c1nc2ccccc2o1. The summed E-state index contributed by atoms with van der Waals surface area (Å²) in [5.41, 5.74) is 2.12. The number of carbonyl (C=O) groups excluding carboxylic acids is 1. The van der Waals surface area contributed by atoms with E-state index in [4.69, 9.17) is 9.15 Å². The first kappa shape index (κ1) is 19.3. The van der Waals surface area contributed by atoms with Gasteiger partial charge in [-0.1, -0.05) is 12.1 Å². The number of fused-ring (bicyclic) bond motifs is 1. The van der Waals surface area contributed by atoms with Crippen molar-refractivity contribution in [2.45, 2.75) is 4.90 Å². The largest absolute Gasteiger partial charge is 0.436 e. The minimum absolute atomic E-state index is 0.209. The number of carbonyl (C=O) groups is 1. The summed E-state index contributed by atoms with van der Waals surface area (Å²) in [6.07, 6.45) is 2.12. The molecule has 1 N–H and O–H groups in total. The van der Waals surface area contributed by atoms with Crippen LogP contribution in [0.4, 0.5) is 5.69 Å².